The van der Waals surface area contributed by atoms with Gasteiger partial charge < -0.3 is 20.9 Å². The number of hydrogen-bond donors (Lipinski definition) is 2. The molecule has 0 saturated heterocycles. The monoisotopic (exact) mass is 298 g/mol. The van der Waals surface area contributed by atoms with Gasteiger partial charge in [-0.15, -0.1) is 0 Å². The topological polar surface area (TPSA) is 70.5 Å². The molecular weight excluding hydrogens is 276 g/mol. The molecular formula is C18H22N2O2. The van der Waals surface area contributed by atoms with Crippen LogP contribution in [-0.2, 0) is 9.47 Å². The maximum atomic E-state index is 5.98. The van der Waals surface area contributed by atoms with E-state index in [-0.39, 0.29) is 18.2 Å². The van der Waals surface area contributed by atoms with Gasteiger partial charge in [0.25, 0.3) is 0 Å². The Morgan fingerprint density at radius 2 is 1.36 bits per heavy atom. The molecule has 0 heterocycles. The number of allylic oxidation sites excluding steroid dienone is 3. The first kappa shape index (κ1) is 14.7. The van der Waals surface area contributed by atoms with Gasteiger partial charge in [0, 0.05) is 24.6 Å². The minimum Gasteiger partial charge on any atom is -0.486 e. The van der Waals surface area contributed by atoms with E-state index in [4.69, 9.17) is 20.9 Å². The quantitative estimate of drug-likeness (QED) is 0.837. The van der Waals surface area contributed by atoms with Gasteiger partial charge in [-0.3, -0.25) is 0 Å². The maximum Gasteiger partial charge on any atom is 0.124 e. The fourth-order valence-corrected chi connectivity index (χ4v) is 2.65. The second-order valence-electron chi connectivity index (χ2n) is 5.70. The summed E-state index contributed by atoms with van der Waals surface area (Å²) >= 11 is 0. The molecule has 0 aromatic rings. The molecule has 4 N–H and O–H groups in total. The van der Waals surface area contributed by atoms with Crippen molar-refractivity contribution in [1.29, 1.82) is 0 Å². The summed E-state index contributed by atoms with van der Waals surface area (Å²) in [5.74, 6) is 1.66. The van der Waals surface area contributed by atoms with Crippen molar-refractivity contribution in [2.45, 2.75) is 37.5 Å². The first-order valence-electron chi connectivity index (χ1n) is 7.68. The zero-order valence-corrected chi connectivity index (χ0v) is 12.5. The van der Waals surface area contributed by atoms with Crippen molar-refractivity contribution in [1.82, 2.24) is 0 Å². The zero-order valence-electron chi connectivity index (χ0n) is 12.5. The fraction of sp³-hybridized carbons (Fsp3) is 0.333. The predicted octanol–water partition coefficient (Wildman–Crippen LogP) is 2.57. The van der Waals surface area contributed by atoms with Crippen molar-refractivity contribution in [2.75, 3.05) is 0 Å². The molecule has 0 bridgehead atoms. The minimum absolute atomic E-state index is 0.0122. The predicted molar refractivity (Wildman–Crippen MR) is 87.4 cm³/mol. The van der Waals surface area contributed by atoms with Gasteiger partial charge in [-0.2, -0.15) is 0 Å². The summed E-state index contributed by atoms with van der Waals surface area (Å²) in [6, 6.07) is 0.0426. The SMILES string of the molecule is NC1=CC(OC2=CC(OC3=CC(N)CC=C3)CC=C2)CC=C1. The van der Waals surface area contributed by atoms with Gasteiger partial charge in [0.15, 0.2) is 0 Å². The summed E-state index contributed by atoms with van der Waals surface area (Å²) in [6.07, 6.45) is 20.4. The largest absolute Gasteiger partial charge is 0.486 e. The molecule has 0 amide bonds. The highest BCUT2D eigenvalue weighted by atomic mass is 16.5. The molecule has 0 radical (unpaired) electrons. The lowest BCUT2D eigenvalue weighted by Crippen LogP contribution is -2.21. The molecule has 116 valence electrons. The smallest absolute Gasteiger partial charge is 0.124 e. The molecule has 4 nitrogen and oxygen atoms in total. The Kier molecular flexibility index (Phi) is 4.49. The number of ether oxygens (including phenoxy) is 2. The Balaban J connectivity index is 1.61. The fourth-order valence-electron chi connectivity index (χ4n) is 2.65. The van der Waals surface area contributed by atoms with Crippen LogP contribution in [0.3, 0.4) is 0 Å². The van der Waals surface area contributed by atoms with Crippen LogP contribution in [-0.4, -0.2) is 18.2 Å². The molecule has 3 unspecified atom stereocenters. The average molecular weight is 298 g/mol. The van der Waals surface area contributed by atoms with Gasteiger partial charge in [-0.1, -0.05) is 18.2 Å². The average Bonchev–Trinajstić information content (AvgIpc) is 2.47. The molecule has 3 atom stereocenters. The van der Waals surface area contributed by atoms with Gasteiger partial charge in [0.1, 0.15) is 23.7 Å². The Labute approximate surface area is 131 Å². The summed E-state index contributed by atoms with van der Waals surface area (Å²) in [5.41, 5.74) is 12.5. The minimum atomic E-state index is -0.0262. The Morgan fingerprint density at radius 3 is 2.05 bits per heavy atom. The molecule has 4 heteroatoms. The van der Waals surface area contributed by atoms with Crippen LogP contribution >= 0.6 is 0 Å². The van der Waals surface area contributed by atoms with Crippen LogP contribution in [0.2, 0.25) is 0 Å². The number of rotatable bonds is 4. The summed E-state index contributed by atoms with van der Waals surface area (Å²) in [7, 11) is 0. The van der Waals surface area contributed by atoms with E-state index in [0.717, 1.165) is 36.5 Å². The molecule has 3 rings (SSSR count). The molecule has 0 fully saturated rings. The van der Waals surface area contributed by atoms with Gasteiger partial charge in [-0.25, -0.2) is 0 Å². The summed E-state index contributed by atoms with van der Waals surface area (Å²) in [5, 5.41) is 0. The molecule has 0 saturated carbocycles. The lowest BCUT2D eigenvalue weighted by Gasteiger charge is -2.24. The summed E-state index contributed by atoms with van der Waals surface area (Å²) in [6.45, 7) is 0. The van der Waals surface area contributed by atoms with E-state index >= 15 is 0 Å². The molecule has 0 aliphatic heterocycles. The van der Waals surface area contributed by atoms with Gasteiger partial charge in [0.05, 0.1) is 0 Å². The van der Waals surface area contributed by atoms with Crippen LogP contribution < -0.4 is 11.5 Å². The first-order chi connectivity index (χ1) is 10.7. The molecule has 22 heavy (non-hydrogen) atoms. The van der Waals surface area contributed by atoms with Gasteiger partial charge in [-0.05, 0) is 42.9 Å². The normalized spacial score (nSPS) is 30.4. The molecule has 0 aromatic heterocycles. The van der Waals surface area contributed by atoms with Crippen LogP contribution in [0.4, 0.5) is 0 Å². The second-order valence-corrected chi connectivity index (χ2v) is 5.70. The van der Waals surface area contributed by atoms with Crippen LogP contribution in [0, 0.1) is 0 Å². The van der Waals surface area contributed by atoms with Crippen LogP contribution in [0.1, 0.15) is 19.3 Å². The second kappa shape index (κ2) is 6.71. The molecule has 3 aliphatic rings. The summed E-state index contributed by atoms with van der Waals surface area (Å²) < 4.78 is 11.9. The number of hydrogen-bond acceptors (Lipinski definition) is 4. The Morgan fingerprint density at radius 1 is 0.773 bits per heavy atom. The third-order valence-corrected chi connectivity index (χ3v) is 3.70. The molecule has 0 aromatic carbocycles. The van der Waals surface area contributed by atoms with Crippen molar-refractivity contribution in [3.63, 3.8) is 0 Å². The van der Waals surface area contributed by atoms with E-state index in [9.17, 15) is 0 Å². The van der Waals surface area contributed by atoms with Crippen LogP contribution in [0.5, 0.6) is 0 Å². The highest BCUT2D eigenvalue weighted by Crippen LogP contribution is 2.22. The lowest BCUT2D eigenvalue weighted by molar-refractivity contribution is 0.136. The Bertz CT molecular complexity index is 596. The lowest BCUT2D eigenvalue weighted by atomic mass is 10.1. The third kappa shape index (κ3) is 3.92. The maximum absolute atomic E-state index is 5.98. The summed E-state index contributed by atoms with van der Waals surface area (Å²) in [4.78, 5) is 0. The van der Waals surface area contributed by atoms with E-state index in [1.54, 1.807) is 0 Å². The van der Waals surface area contributed by atoms with E-state index in [2.05, 4.69) is 6.08 Å². The standard InChI is InChI=1S/C18H22N2O2/c19-13-4-1-6-15(10-13)21-17-8-3-9-18(12-17)22-16-7-2-5-14(20)11-16/h1-4,7-8,10-12,14-15,18H,5-6,9,19-20H2. The van der Waals surface area contributed by atoms with E-state index in [0.29, 0.717) is 0 Å². The van der Waals surface area contributed by atoms with Crippen molar-refractivity contribution >= 4 is 0 Å². The Hall–Kier alpha value is -2.20. The van der Waals surface area contributed by atoms with Crippen LogP contribution in [0.25, 0.3) is 0 Å². The van der Waals surface area contributed by atoms with Crippen molar-refractivity contribution in [3.05, 3.63) is 71.9 Å². The molecule has 0 spiro atoms. The molecule has 3 aliphatic carbocycles. The van der Waals surface area contributed by atoms with Gasteiger partial charge >= 0.3 is 0 Å². The van der Waals surface area contributed by atoms with Crippen molar-refractivity contribution in [2.24, 2.45) is 11.5 Å². The third-order valence-electron chi connectivity index (χ3n) is 3.70. The van der Waals surface area contributed by atoms with E-state index in [1.165, 1.54) is 0 Å². The highest BCUT2D eigenvalue weighted by molar-refractivity contribution is 5.26. The zero-order chi connectivity index (χ0) is 15.4. The van der Waals surface area contributed by atoms with Crippen molar-refractivity contribution < 1.29 is 9.47 Å². The van der Waals surface area contributed by atoms with Gasteiger partial charge in [0.2, 0.25) is 0 Å². The van der Waals surface area contributed by atoms with E-state index < -0.39 is 0 Å². The number of nitrogens with two attached hydrogens (primary N) is 2. The van der Waals surface area contributed by atoms with Crippen LogP contribution in [0.15, 0.2) is 71.9 Å². The first-order valence-corrected chi connectivity index (χ1v) is 7.68. The van der Waals surface area contributed by atoms with E-state index in [1.807, 2.05) is 48.6 Å². The van der Waals surface area contributed by atoms with Crippen molar-refractivity contribution in [3.8, 4) is 0 Å². The highest BCUT2D eigenvalue weighted by Gasteiger charge is 2.17.